The Morgan fingerprint density at radius 1 is 0.478 bits per heavy atom. The Morgan fingerprint density at radius 3 is 1.23 bits per heavy atom. The van der Waals surface area contributed by atoms with Crippen molar-refractivity contribution >= 4 is 25.7 Å². The first-order valence-corrected chi connectivity index (χ1v) is 28.6. The van der Waals surface area contributed by atoms with Crippen LogP contribution in [-0.4, -0.2) is 64.9 Å². The Hall–Kier alpha value is -3.34. The normalized spacial score (nSPS) is 14.1. The lowest BCUT2D eigenvalue weighted by atomic mass is 10.0. The van der Waals surface area contributed by atoms with Crippen LogP contribution in [0.3, 0.4) is 0 Å². The van der Waals surface area contributed by atoms with E-state index in [-0.39, 0.29) is 12.8 Å². The van der Waals surface area contributed by atoms with Gasteiger partial charge >= 0.3 is 19.8 Å². The lowest BCUT2D eigenvalue weighted by molar-refractivity contribution is -0.147. The molecule has 0 aromatic heterocycles. The number of allylic oxidation sites excluding steroid dienone is 14. The number of carboxylic acids is 1. The van der Waals surface area contributed by atoms with Crippen LogP contribution < -0.4 is 5.32 Å². The van der Waals surface area contributed by atoms with Crippen molar-refractivity contribution in [2.45, 2.75) is 238 Å². The number of aliphatic hydroxyl groups excluding tert-OH is 1. The summed E-state index contributed by atoms with van der Waals surface area (Å²) >= 11 is 0. The Morgan fingerprint density at radius 2 is 0.841 bits per heavy atom. The third-order valence-corrected chi connectivity index (χ3v) is 12.4. The molecule has 69 heavy (non-hydrogen) atoms. The van der Waals surface area contributed by atoms with Crippen molar-refractivity contribution in [2.24, 2.45) is 0 Å². The summed E-state index contributed by atoms with van der Waals surface area (Å²) in [5.74, 6) is -2.46. The van der Waals surface area contributed by atoms with Crippen LogP contribution in [0.4, 0.5) is 0 Å². The fourth-order valence-corrected chi connectivity index (χ4v) is 8.08. The molecule has 3 atom stereocenters. The maximum absolute atomic E-state index is 12.4. The first-order chi connectivity index (χ1) is 33.6. The third kappa shape index (κ3) is 50.8. The number of nitrogens with one attached hydrogen (secondary N) is 1. The molecule has 1 amide bonds. The standard InChI is InChI=1S/C57H98NO10P/c1-3-5-7-9-11-13-15-17-19-21-23-25-27-28-30-32-34-36-38-40-42-44-46-48-55(60)58-54(57(62)63)52-68-69(64,65)67-51-53(59)50-66-56(61)49-47-45-43-41-39-37-35-33-31-29-26-24-22-20-18-16-14-12-10-8-6-4-2/h5,7,11,13,17,19,23,25,28,30,34,36,40,42,53-54,59H,3-4,6,8-10,12,14-16,18,20-22,24,26-27,29,31-33,35,37-39,41,43-52H2,1-2H3,(H,58,60)(H,62,63)(H,64,65)/b7-5-,13-11-,19-17-,25-23-,30-28-,36-34-,42-40-. The van der Waals surface area contributed by atoms with Crippen molar-refractivity contribution in [3.63, 3.8) is 0 Å². The monoisotopic (exact) mass is 988 g/mol. The van der Waals surface area contributed by atoms with Gasteiger partial charge in [-0.2, -0.15) is 0 Å². The van der Waals surface area contributed by atoms with E-state index >= 15 is 0 Å². The molecule has 0 aliphatic carbocycles. The summed E-state index contributed by atoms with van der Waals surface area (Å²) in [6.07, 6.45) is 64.8. The van der Waals surface area contributed by atoms with Crippen molar-refractivity contribution in [3.05, 3.63) is 85.1 Å². The van der Waals surface area contributed by atoms with Gasteiger partial charge in [0.15, 0.2) is 6.04 Å². The number of aliphatic hydroxyl groups is 1. The summed E-state index contributed by atoms with van der Waals surface area (Å²) < 4.78 is 27.0. The zero-order valence-corrected chi connectivity index (χ0v) is 44.2. The molecule has 0 aromatic rings. The minimum atomic E-state index is -4.78. The van der Waals surface area contributed by atoms with Gasteiger partial charge in [0, 0.05) is 12.8 Å². The number of aliphatic carboxylic acids is 1. The quantitative estimate of drug-likeness (QED) is 0.0199. The first-order valence-electron chi connectivity index (χ1n) is 27.1. The summed E-state index contributed by atoms with van der Waals surface area (Å²) in [6.45, 7) is 2.47. The first kappa shape index (κ1) is 65.7. The molecule has 4 N–H and O–H groups in total. The lowest BCUT2D eigenvalue weighted by Gasteiger charge is -2.18. The molecule has 0 bridgehead atoms. The highest BCUT2D eigenvalue weighted by Gasteiger charge is 2.28. The van der Waals surface area contributed by atoms with Crippen molar-refractivity contribution in [2.75, 3.05) is 19.8 Å². The summed E-state index contributed by atoms with van der Waals surface area (Å²) in [7, 11) is -4.78. The van der Waals surface area contributed by atoms with Crippen LogP contribution >= 0.6 is 7.82 Å². The van der Waals surface area contributed by atoms with Crippen LogP contribution in [0.15, 0.2) is 85.1 Å². The van der Waals surface area contributed by atoms with Crippen molar-refractivity contribution in [1.29, 1.82) is 0 Å². The second kappa shape index (κ2) is 51.0. The number of carbonyl (C=O) groups is 3. The maximum atomic E-state index is 12.4. The van der Waals surface area contributed by atoms with Crippen molar-refractivity contribution < 1.29 is 47.8 Å². The largest absolute Gasteiger partial charge is 0.480 e. The zero-order valence-electron chi connectivity index (χ0n) is 43.3. The second-order valence-electron chi connectivity index (χ2n) is 18.0. The number of carbonyl (C=O) groups excluding carboxylic acids is 2. The van der Waals surface area contributed by atoms with Gasteiger partial charge in [0.2, 0.25) is 5.91 Å². The number of esters is 1. The molecule has 0 aliphatic rings. The molecular weight excluding hydrogens is 890 g/mol. The Labute approximate surface area is 420 Å². The number of ether oxygens (including phenoxy) is 1. The van der Waals surface area contributed by atoms with Gasteiger partial charge in [-0.25, -0.2) is 9.36 Å². The summed E-state index contributed by atoms with van der Waals surface area (Å²) in [5, 5.41) is 21.9. The fourth-order valence-electron chi connectivity index (χ4n) is 7.31. The number of carboxylic acid groups (broad SMARTS) is 1. The average molecular weight is 988 g/mol. The molecule has 0 heterocycles. The highest BCUT2D eigenvalue weighted by molar-refractivity contribution is 7.47. The Bertz CT molecular complexity index is 1490. The highest BCUT2D eigenvalue weighted by Crippen LogP contribution is 2.43. The molecular formula is C57H98NO10P. The van der Waals surface area contributed by atoms with E-state index < -0.39 is 57.6 Å². The van der Waals surface area contributed by atoms with E-state index in [1.165, 1.54) is 116 Å². The van der Waals surface area contributed by atoms with Crippen molar-refractivity contribution in [1.82, 2.24) is 5.32 Å². The smallest absolute Gasteiger partial charge is 0.472 e. The summed E-state index contributed by atoms with van der Waals surface area (Å²) in [5.41, 5.74) is 0. The number of hydrogen-bond acceptors (Lipinski definition) is 8. The molecule has 396 valence electrons. The topological polar surface area (TPSA) is 169 Å². The maximum Gasteiger partial charge on any atom is 0.472 e. The molecule has 0 saturated heterocycles. The molecule has 0 aliphatic heterocycles. The molecule has 0 fully saturated rings. The molecule has 3 unspecified atom stereocenters. The van der Waals surface area contributed by atoms with Gasteiger partial charge < -0.3 is 25.2 Å². The summed E-state index contributed by atoms with van der Waals surface area (Å²) in [4.78, 5) is 46.2. The van der Waals surface area contributed by atoms with Crippen LogP contribution in [0.2, 0.25) is 0 Å². The number of phosphoric ester groups is 1. The van der Waals surface area contributed by atoms with E-state index in [0.29, 0.717) is 19.3 Å². The SMILES string of the molecule is CC/C=C\C/C=C\C/C=C\C/C=C\C/C=C\C/C=C\C/C=C\CCCC(=O)NC(COP(=O)(O)OCC(O)COC(=O)CCCCCCCCCCCCCCCCCCCCCCCC)C(=O)O. The molecule has 0 saturated carbocycles. The van der Waals surface area contributed by atoms with Gasteiger partial charge in [-0.1, -0.05) is 234 Å². The van der Waals surface area contributed by atoms with Crippen LogP contribution in [-0.2, 0) is 32.7 Å². The fraction of sp³-hybridized carbons (Fsp3) is 0.702. The second-order valence-corrected chi connectivity index (χ2v) is 19.5. The number of rotatable bonds is 50. The van der Waals surface area contributed by atoms with Gasteiger partial charge in [-0.3, -0.25) is 18.6 Å². The van der Waals surface area contributed by atoms with Crippen LogP contribution in [0, 0.1) is 0 Å². The molecule has 0 spiro atoms. The minimum Gasteiger partial charge on any atom is -0.480 e. The Kier molecular flexibility index (Phi) is 48.6. The van der Waals surface area contributed by atoms with Crippen LogP contribution in [0.1, 0.15) is 226 Å². The highest BCUT2D eigenvalue weighted by atomic mass is 31.2. The molecule has 11 nitrogen and oxygen atoms in total. The number of phosphoric acid groups is 1. The minimum absolute atomic E-state index is 0.0614. The number of unbranched alkanes of at least 4 members (excludes halogenated alkanes) is 22. The Balaban J connectivity index is 3.89. The molecule has 0 rings (SSSR count). The average Bonchev–Trinajstić information content (AvgIpc) is 3.33. The van der Waals surface area contributed by atoms with E-state index in [1.54, 1.807) is 0 Å². The van der Waals surface area contributed by atoms with Gasteiger partial charge in [-0.05, 0) is 64.2 Å². The van der Waals surface area contributed by atoms with E-state index in [4.69, 9.17) is 13.8 Å². The van der Waals surface area contributed by atoms with E-state index in [9.17, 15) is 34.1 Å². The molecule has 0 radical (unpaired) electrons. The van der Waals surface area contributed by atoms with Crippen LogP contribution in [0.25, 0.3) is 0 Å². The van der Waals surface area contributed by atoms with E-state index in [0.717, 1.165) is 64.2 Å². The lowest BCUT2D eigenvalue weighted by Crippen LogP contribution is -2.43. The van der Waals surface area contributed by atoms with Gasteiger partial charge in [0.1, 0.15) is 12.7 Å². The van der Waals surface area contributed by atoms with Gasteiger partial charge in [0.05, 0.1) is 13.2 Å². The zero-order chi connectivity index (χ0) is 50.6. The van der Waals surface area contributed by atoms with Gasteiger partial charge in [-0.15, -0.1) is 0 Å². The predicted molar refractivity (Wildman–Crippen MR) is 286 cm³/mol. The molecule has 0 aromatic carbocycles. The third-order valence-electron chi connectivity index (χ3n) is 11.4. The van der Waals surface area contributed by atoms with Crippen LogP contribution in [0.5, 0.6) is 0 Å². The summed E-state index contributed by atoms with van der Waals surface area (Å²) in [6, 6.07) is -1.58. The predicted octanol–water partition coefficient (Wildman–Crippen LogP) is 15.4. The van der Waals surface area contributed by atoms with E-state index in [1.807, 2.05) is 12.2 Å². The molecule has 12 heteroatoms. The number of hydrogen-bond donors (Lipinski definition) is 4. The number of amides is 1. The van der Waals surface area contributed by atoms with Crippen molar-refractivity contribution in [3.8, 4) is 0 Å². The van der Waals surface area contributed by atoms with Gasteiger partial charge in [0.25, 0.3) is 0 Å². The van der Waals surface area contributed by atoms with E-state index in [2.05, 4.69) is 92.1 Å².